The van der Waals surface area contributed by atoms with Crippen LogP contribution in [-0.2, 0) is 16.1 Å². The Hall–Kier alpha value is -1.57. The van der Waals surface area contributed by atoms with Crippen molar-refractivity contribution in [2.45, 2.75) is 18.2 Å². The number of hydrogen-bond donors (Lipinski definition) is 2. The molecule has 21 heavy (non-hydrogen) atoms. The van der Waals surface area contributed by atoms with Crippen LogP contribution in [0.3, 0.4) is 0 Å². The smallest absolute Gasteiger partial charge is 0.376 e. The first-order valence-electron chi connectivity index (χ1n) is 6.77. The monoisotopic (exact) mass is 307 g/mol. The molecule has 0 saturated carbocycles. The van der Waals surface area contributed by atoms with Gasteiger partial charge in [0.2, 0.25) is 0 Å². The molecule has 2 fully saturated rings. The molecule has 2 aliphatic heterocycles. The van der Waals surface area contributed by atoms with Crippen LogP contribution < -0.4 is 10.6 Å². The van der Waals surface area contributed by atoms with Gasteiger partial charge >= 0.3 is 12.1 Å². The van der Waals surface area contributed by atoms with Crippen molar-refractivity contribution < 1.29 is 14.3 Å². The van der Waals surface area contributed by atoms with Gasteiger partial charge in [-0.05, 0) is 11.8 Å². The molecule has 2 heterocycles. The standard InChI is InChI=1S/C14H17N3O3S/c1-21-13-15-7-10-11(16-13)17(14(19)20-12(10)18)8-9-5-3-2-4-6-9/h2-6,10-11,13,15-16H,7-8H2,1H3. The van der Waals surface area contributed by atoms with Crippen LogP contribution in [0.5, 0.6) is 0 Å². The Bertz CT molecular complexity index is 540. The molecule has 0 radical (unpaired) electrons. The fourth-order valence-corrected chi connectivity index (χ4v) is 3.16. The average Bonchev–Trinajstić information content (AvgIpc) is 2.52. The number of thioether (sulfide) groups is 1. The van der Waals surface area contributed by atoms with Crippen LogP contribution in [0.2, 0.25) is 0 Å². The minimum atomic E-state index is -0.584. The second-order valence-corrected chi connectivity index (χ2v) is 5.99. The molecule has 112 valence electrons. The molecule has 1 aromatic carbocycles. The summed E-state index contributed by atoms with van der Waals surface area (Å²) < 4.78 is 4.87. The molecule has 2 saturated heterocycles. The highest BCUT2D eigenvalue weighted by Gasteiger charge is 2.46. The maximum absolute atomic E-state index is 12.1. The van der Waals surface area contributed by atoms with Gasteiger partial charge in [0.25, 0.3) is 0 Å². The number of carbonyl (C=O) groups excluding carboxylic acids is 2. The number of carbonyl (C=O) groups is 2. The first-order chi connectivity index (χ1) is 10.2. The highest BCUT2D eigenvalue weighted by Crippen LogP contribution is 2.25. The SMILES string of the molecule is CSC1NCC2C(=O)OC(=O)N(Cc3ccccc3)C2N1. The molecule has 1 aromatic rings. The number of amides is 1. The second kappa shape index (κ2) is 6.05. The zero-order valence-corrected chi connectivity index (χ0v) is 12.4. The number of rotatable bonds is 3. The van der Waals surface area contributed by atoms with Crippen molar-refractivity contribution in [2.75, 3.05) is 12.8 Å². The summed E-state index contributed by atoms with van der Waals surface area (Å²) in [6, 6.07) is 9.68. The van der Waals surface area contributed by atoms with Crippen molar-refractivity contribution in [3.05, 3.63) is 35.9 Å². The van der Waals surface area contributed by atoms with Crippen molar-refractivity contribution >= 4 is 23.8 Å². The first kappa shape index (κ1) is 14.4. The van der Waals surface area contributed by atoms with E-state index in [9.17, 15) is 9.59 Å². The number of benzene rings is 1. The summed E-state index contributed by atoms with van der Waals surface area (Å²) in [6.45, 7) is 0.919. The molecule has 3 atom stereocenters. The molecule has 7 heteroatoms. The highest BCUT2D eigenvalue weighted by molar-refractivity contribution is 7.99. The van der Waals surface area contributed by atoms with Crippen molar-refractivity contribution in [3.8, 4) is 0 Å². The van der Waals surface area contributed by atoms with Crippen molar-refractivity contribution in [3.63, 3.8) is 0 Å². The molecule has 0 spiro atoms. The number of nitrogens with one attached hydrogen (secondary N) is 2. The maximum Gasteiger partial charge on any atom is 0.419 e. The van der Waals surface area contributed by atoms with Crippen LogP contribution in [0, 0.1) is 5.92 Å². The Morgan fingerprint density at radius 1 is 1.33 bits per heavy atom. The van der Waals surface area contributed by atoms with Crippen LogP contribution in [0.1, 0.15) is 5.56 Å². The van der Waals surface area contributed by atoms with Crippen LogP contribution in [0.25, 0.3) is 0 Å². The molecule has 0 aliphatic carbocycles. The number of nitrogens with zero attached hydrogens (tertiary/aromatic N) is 1. The van der Waals surface area contributed by atoms with Gasteiger partial charge in [0.05, 0.1) is 6.54 Å². The van der Waals surface area contributed by atoms with E-state index in [1.54, 1.807) is 16.7 Å². The lowest BCUT2D eigenvalue weighted by molar-refractivity contribution is -0.153. The lowest BCUT2D eigenvalue weighted by atomic mass is 10.0. The molecule has 0 bridgehead atoms. The van der Waals surface area contributed by atoms with E-state index in [1.165, 1.54) is 0 Å². The number of fused-ring (bicyclic) bond motifs is 1. The number of esters is 1. The molecular formula is C14H17N3O3S. The molecule has 6 nitrogen and oxygen atoms in total. The van der Waals surface area contributed by atoms with Crippen molar-refractivity contribution in [2.24, 2.45) is 5.92 Å². The largest absolute Gasteiger partial charge is 0.419 e. The van der Waals surface area contributed by atoms with Gasteiger partial charge in [0.1, 0.15) is 17.6 Å². The number of hydrogen-bond acceptors (Lipinski definition) is 6. The Morgan fingerprint density at radius 2 is 2.10 bits per heavy atom. The zero-order chi connectivity index (χ0) is 14.8. The molecular weight excluding hydrogens is 290 g/mol. The van der Waals surface area contributed by atoms with E-state index in [2.05, 4.69) is 10.6 Å². The van der Waals surface area contributed by atoms with Crippen LogP contribution in [0.4, 0.5) is 4.79 Å². The molecule has 1 amide bonds. The number of ether oxygens (including phenoxy) is 1. The quantitative estimate of drug-likeness (QED) is 0.640. The Kier molecular flexibility index (Phi) is 4.14. The van der Waals surface area contributed by atoms with Crippen LogP contribution >= 0.6 is 11.8 Å². The fraction of sp³-hybridized carbons (Fsp3) is 0.429. The van der Waals surface area contributed by atoms with Gasteiger partial charge in [-0.2, -0.15) is 0 Å². The minimum Gasteiger partial charge on any atom is -0.376 e. The van der Waals surface area contributed by atoms with E-state index in [-0.39, 0.29) is 17.6 Å². The van der Waals surface area contributed by atoms with Gasteiger partial charge in [0, 0.05) is 6.54 Å². The third kappa shape index (κ3) is 2.90. The van der Waals surface area contributed by atoms with E-state index in [0.29, 0.717) is 13.1 Å². The normalized spacial score (nSPS) is 29.0. The molecule has 3 unspecified atom stereocenters. The lowest BCUT2D eigenvalue weighted by Gasteiger charge is -2.44. The van der Waals surface area contributed by atoms with E-state index in [1.807, 2.05) is 36.6 Å². The summed E-state index contributed by atoms with van der Waals surface area (Å²) >= 11 is 1.60. The van der Waals surface area contributed by atoms with Gasteiger partial charge in [-0.1, -0.05) is 30.3 Å². The molecule has 0 aromatic heterocycles. The topological polar surface area (TPSA) is 70.7 Å². The van der Waals surface area contributed by atoms with E-state index in [0.717, 1.165) is 5.56 Å². The third-order valence-electron chi connectivity index (χ3n) is 3.72. The predicted octanol–water partition coefficient (Wildman–Crippen LogP) is 0.947. The molecule has 2 aliphatic rings. The summed E-state index contributed by atoms with van der Waals surface area (Å²) in [7, 11) is 0. The maximum atomic E-state index is 12.1. The summed E-state index contributed by atoms with van der Waals surface area (Å²) in [5.74, 6) is -0.844. The summed E-state index contributed by atoms with van der Waals surface area (Å²) in [6.07, 6.45) is 1.05. The van der Waals surface area contributed by atoms with E-state index in [4.69, 9.17) is 4.74 Å². The van der Waals surface area contributed by atoms with E-state index >= 15 is 0 Å². The van der Waals surface area contributed by atoms with Crippen molar-refractivity contribution in [1.29, 1.82) is 0 Å². The zero-order valence-electron chi connectivity index (χ0n) is 11.6. The minimum absolute atomic E-state index is 0.0169. The van der Waals surface area contributed by atoms with E-state index < -0.39 is 12.1 Å². The summed E-state index contributed by atoms with van der Waals surface area (Å²) in [5.41, 5.74) is 1.02. The van der Waals surface area contributed by atoms with Gasteiger partial charge in [-0.15, -0.1) is 11.8 Å². The Labute approximate surface area is 127 Å². The van der Waals surface area contributed by atoms with Gasteiger partial charge in [-0.3, -0.25) is 20.3 Å². The van der Waals surface area contributed by atoms with Gasteiger partial charge in [0.15, 0.2) is 0 Å². The van der Waals surface area contributed by atoms with Gasteiger partial charge in [-0.25, -0.2) is 4.79 Å². The Balaban J connectivity index is 1.82. The van der Waals surface area contributed by atoms with Crippen LogP contribution in [-0.4, -0.2) is 41.4 Å². The first-order valence-corrected chi connectivity index (χ1v) is 8.06. The third-order valence-corrected chi connectivity index (χ3v) is 4.49. The molecule has 3 rings (SSSR count). The van der Waals surface area contributed by atoms with Crippen LogP contribution in [0.15, 0.2) is 30.3 Å². The van der Waals surface area contributed by atoms with Gasteiger partial charge < -0.3 is 4.74 Å². The summed E-state index contributed by atoms with van der Waals surface area (Å²) in [5, 5.41) is 6.50. The highest BCUT2D eigenvalue weighted by atomic mass is 32.2. The lowest BCUT2D eigenvalue weighted by Crippen LogP contribution is -2.68. The Morgan fingerprint density at radius 3 is 2.81 bits per heavy atom. The second-order valence-electron chi connectivity index (χ2n) is 5.04. The van der Waals surface area contributed by atoms with Crippen molar-refractivity contribution in [1.82, 2.24) is 15.5 Å². The fourth-order valence-electron chi connectivity index (χ4n) is 2.62. The summed E-state index contributed by atoms with van der Waals surface area (Å²) in [4.78, 5) is 25.5. The number of cyclic esters (lactones) is 2. The predicted molar refractivity (Wildman–Crippen MR) is 79.2 cm³/mol. The average molecular weight is 307 g/mol. The molecule has 2 N–H and O–H groups in total.